The lowest BCUT2D eigenvalue weighted by atomic mass is 10.1. The van der Waals surface area contributed by atoms with E-state index in [4.69, 9.17) is 16.7 Å². The zero-order chi connectivity index (χ0) is 10.2. The Morgan fingerprint density at radius 3 is 2.46 bits per heavy atom. The number of aryl methyl sites for hydroxylation is 1. The normalized spacial score (nSPS) is 10.2. The van der Waals surface area contributed by atoms with Gasteiger partial charge in [0.15, 0.2) is 5.82 Å². The maximum atomic E-state index is 13.0. The number of halogens is 3. The SMILES string of the molecule is Cc1cc(Cl)c(F)c(C(=O)O)c1F. The van der Waals surface area contributed by atoms with E-state index < -0.39 is 28.2 Å². The molecule has 0 spiro atoms. The van der Waals surface area contributed by atoms with Crippen molar-refractivity contribution in [3.05, 3.63) is 33.9 Å². The van der Waals surface area contributed by atoms with Gasteiger partial charge in [0, 0.05) is 0 Å². The second kappa shape index (κ2) is 3.30. The third-order valence-electron chi connectivity index (χ3n) is 1.55. The number of carboxylic acid groups (broad SMARTS) is 1. The second-order valence-electron chi connectivity index (χ2n) is 2.48. The first kappa shape index (κ1) is 9.92. The lowest BCUT2D eigenvalue weighted by Crippen LogP contribution is -2.06. The Kier molecular flexibility index (Phi) is 2.52. The first-order valence-corrected chi connectivity index (χ1v) is 3.70. The number of benzene rings is 1. The third-order valence-corrected chi connectivity index (χ3v) is 1.83. The van der Waals surface area contributed by atoms with Gasteiger partial charge in [-0.1, -0.05) is 11.6 Å². The molecule has 0 radical (unpaired) electrons. The van der Waals surface area contributed by atoms with Gasteiger partial charge >= 0.3 is 5.97 Å². The Morgan fingerprint density at radius 2 is 2.00 bits per heavy atom. The minimum absolute atomic E-state index is 0.00352. The highest BCUT2D eigenvalue weighted by atomic mass is 35.5. The Labute approximate surface area is 77.8 Å². The molecule has 1 aromatic carbocycles. The van der Waals surface area contributed by atoms with Gasteiger partial charge in [-0.15, -0.1) is 0 Å². The maximum Gasteiger partial charge on any atom is 0.341 e. The summed E-state index contributed by atoms with van der Waals surface area (Å²) >= 11 is 5.33. The third kappa shape index (κ3) is 1.62. The average Bonchev–Trinajstić information content (AvgIpc) is 2.01. The zero-order valence-electron chi connectivity index (χ0n) is 6.57. The number of hydrogen-bond donors (Lipinski definition) is 1. The topological polar surface area (TPSA) is 37.3 Å². The molecule has 0 bridgehead atoms. The highest BCUT2D eigenvalue weighted by Crippen LogP contribution is 2.24. The second-order valence-corrected chi connectivity index (χ2v) is 2.89. The molecule has 0 saturated carbocycles. The van der Waals surface area contributed by atoms with Crippen LogP contribution < -0.4 is 0 Å². The van der Waals surface area contributed by atoms with Crippen molar-refractivity contribution < 1.29 is 18.7 Å². The molecule has 1 aromatic rings. The van der Waals surface area contributed by atoms with E-state index in [0.29, 0.717) is 0 Å². The molecule has 0 heterocycles. The molecule has 1 N–H and O–H groups in total. The molecule has 13 heavy (non-hydrogen) atoms. The summed E-state index contributed by atoms with van der Waals surface area (Å²) < 4.78 is 26.0. The van der Waals surface area contributed by atoms with Crippen molar-refractivity contribution in [1.82, 2.24) is 0 Å². The molecular formula is C8H5ClF2O2. The van der Waals surface area contributed by atoms with E-state index in [-0.39, 0.29) is 5.56 Å². The number of aromatic carboxylic acids is 1. The molecule has 5 heteroatoms. The molecule has 0 aliphatic carbocycles. The van der Waals surface area contributed by atoms with E-state index in [2.05, 4.69) is 0 Å². The van der Waals surface area contributed by atoms with E-state index in [1.807, 2.05) is 0 Å². The number of carbonyl (C=O) groups is 1. The molecule has 2 nitrogen and oxygen atoms in total. The standard InChI is InChI=1S/C8H5ClF2O2/c1-3-2-4(9)7(11)5(6(3)10)8(12)13/h2H,1H3,(H,12,13). The summed E-state index contributed by atoms with van der Waals surface area (Å²) in [6, 6.07) is 1.04. The number of carboxylic acids is 1. The molecule has 0 atom stereocenters. The van der Waals surface area contributed by atoms with Crippen LogP contribution in [0.15, 0.2) is 6.07 Å². The smallest absolute Gasteiger partial charge is 0.341 e. The zero-order valence-corrected chi connectivity index (χ0v) is 7.32. The minimum atomic E-state index is -1.67. The predicted molar refractivity (Wildman–Crippen MR) is 43.1 cm³/mol. The average molecular weight is 207 g/mol. The van der Waals surface area contributed by atoms with E-state index in [0.717, 1.165) is 6.07 Å². The fraction of sp³-hybridized carbons (Fsp3) is 0.125. The number of rotatable bonds is 1. The van der Waals surface area contributed by atoms with Gasteiger partial charge in [-0.2, -0.15) is 0 Å². The van der Waals surface area contributed by atoms with Gasteiger partial charge in [0.25, 0.3) is 0 Å². The van der Waals surface area contributed by atoms with Gasteiger partial charge in [0.05, 0.1) is 5.02 Å². The van der Waals surface area contributed by atoms with Crippen LogP contribution in [0.1, 0.15) is 15.9 Å². The van der Waals surface area contributed by atoms with E-state index >= 15 is 0 Å². The van der Waals surface area contributed by atoms with Crippen molar-refractivity contribution in [3.63, 3.8) is 0 Å². The summed E-state index contributed by atoms with van der Waals surface area (Å²) in [5.41, 5.74) is -1.01. The highest BCUT2D eigenvalue weighted by molar-refractivity contribution is 6.31. The highest BCUT2D eigenvalue weighted by Gasteiger charge is 2.21. The van der Waals surface area contributed by atoms with Crippen LogP contribution in [0.5, 0.6) is 0 Å². The first-order valence-electron chi connectivity index (χ1n) is 3.32. The fourth-order valence-electron chi connectivity index (χ4n) is 0.918. The first-order chi connectivity index (χ1) is 5.95. The van der Waals surface area contributed by atoms with Gasteiger partial charge in [-0.3, -0.25) is 0 Å². The van der Waals surface area contributed by atoms with Crippen LogP contribution in [-0.4, -0.2) is 11.1 Å². The summed E-state index contributed by atoms with van der Waals surface area (Å²) in [5, 5.41) is 8.06. The van der Waals surface area contributed by atoms with E-state index in [1.165, 1.54) is 6.92 Å². The predicted octanol–water partition coefficient (Wildman–Crippen LogP) is 2.62. The van der Waals surface area contributed by atoms with Crippen molar-refractivity contribution in [1.29, 1.82) is 0 Å². The molecule has 0 unspecified atom stereocenters. The van der Waals surface area contributed by atoms with Crippen molar-refractivity contribution in [2.75, 3.05) is 0 Å². The molecule has 0 aliphatic heterocycles. The summed E-state index contributed by atoms with van der Waals surface area (Å²) in [4.78, 5) is 10.4. The molecule has 1 rings (SSSR count). The van der Waals surface area contributed by atoms with Crippen LogP contribution in [-0.2, 0) is 0 Å². The summed E-state index contributed by atoms with van der Waals surface area (Å²) in [6.07, 6.45) is 0. The molecule has 0 aromatic heterocycles. The molecule has 0 amide bonds. The molecule has 70 valence electrons. The largest absolute Gasteiger partial charge is 0.477 e. The Bertz CT molecular complexity index is 351. The Balaban J connectivity index is 3.56. The van der Waals surface area contributed by atoms with Crippen LogP contribution >= 0.6 is 11.6 Å². The van der Waals surface area contributed by atoms with Crippen molar-refractivity contribution >= 4 is 17.6 Å². The molecule has 0 saturated heterocycles. The van der Waals surface area contributed by atoms with Gasteiger partial charge in [-0.25, -0.2) is 13.6 Å². The van der Waals surface area contributed by atoms with Crippen molar-refractivity contribution in [2.24, 2.45) is 0 Å². The van der Waals surface area contributed by atoms with Crippen LogP contribution in [0.2, 0.25) is 5.02 Å². The van der Waals surface area contributed by atoms with Crippen LogP contribution in [0, 0.1) is 18.6 Å². The van der Waals surface area contributed by atoms with Gasteiger partial charge in [0.1, 0.15) is 11.4 Å². The maximum absolute atomic E-state index is 13.0. The summed E-state index contributed by atoms with van der Waals surface area (Å²) in [6.45, 7) is 1.31. The Morgan fingerprint density at radius 1 is 1.46 bits per heavy atom. The summed E-state index contributed by atoms with van der Waals surface area (Å²) in [5.74, 6) is -3.99. The lowest BCUT2D eigenvalue weighted by Gasteiger charge is -2.04. The fourth-order valence-corrected chi connectivity index (χ4v) is 1.18. The minimum Gasteiger partial charge on any atom is -0.477 e. The molecular weight excluding hydrogens is 202 g/mol. The van der Waals surface area contributed by atoms with Gasteiger partial charge in [0.2, 0.25) is 0 Å². The molecule has 0 fully saturated rings. The molecule has 0 aliphatic rings. The van der Waals surface area contributed by atoms with Crippen LogP contribution in [0.3, 0.4) is 0 Å². The van der Waals surface area contributed by atoms with E-state index in [1.54, 1.807) is 0 Å². The van der Waals surface area contributed by atoms with Crippen LogP contribution in [0.25, 0.3) is 0 Å². The van der Waals surface area contributed by atoms with Crippen LogP contribution in [0.4, 0.5) is 8.78 Å². The van der Waals surface area contributed by atoms with Gasteiger partial charge < -0.3 is 5.11 Å². The quantitative estimate of drug-likeness (QED) is 0.718. The van der Waals surface area contributed by atoms with Crippen molar-refractivity contribution in [2.45, 2.75) is 6.92 Å². The summed E-state index contributed by atoms with van der Waals surface area (Å²) in [7, 11) is 0. The monoisotopic (exact) mass is 206 g/mol. The number of hydrogen-bond acceptors (Lipinski definition) is 1. The van der Waals surface area contributed by atoms with Crippen molar-refractivity contribution in [3.8, 4) is 0 Å². The van der Waals surface area contributed by atoms with E-state index in [9.17, 15) is 13.6 Å². The van der Waals surface area contributed by atoms with Gasteiger partial charge in [-0.05, 0) is 18.6 Å². The Hall–Kier alpha value is -1.16. The lowest BCUT2D eigenvalue weighted by molar-refractivity contribution is 0.0686.